The van der Waals surface area contributed by atoms with E-state index in [1.54, 1.807) is 6.07 Å². The van der Waals surface area contributed by atoms with Gasteiger partial charge in [-0.05, 0) is 24.6 Å². The molecule has 3 aromatic rings. The number of anilines is 1. The van der Waals surface area contributed by atoms with Gasteiger partial charge in [0.25, 0.3) is 5.91 Å². The average Bonchev–Trinajstić information content (AvgIpc) is 2.89. The summed E-state index contributed by atoms with van der Waals surface area (Å²) >= 11 is 6.22. The highest BCUT2D eigenvalue weighted by atomic mass is 35.5. The predicted molar refractivity (Wildman–Crippen MR) is 87.5 cm³/mol. The Morgan fingerprint density at radius 1 is 1.17 bits per heavy atom. The van der Waals surface area contributed by atoms with Gasteiger partial charge in [-0.2, -0.15) is 0 Å². The Labute approximate surface area is 138 Å². The number of aryl methyl sites for hydroxylation is 1. The number of benzene rings is 1. The molecule has 0 atom stereocenters. The van der Waals surface area contributed by atoms with Crippen molar-refractivity contribution in [3.05, 3.63) is 70.6 Å². The molecule has 7 heteroatoms. The minimum atomic E-state index is -0.438. The first kappa shape index (κ1) is 15.2. The van der Waals surface area contributed by atoms with Crippen LogP contribution < -0.4 is 5.32 Å². The van der Waals surface area contributed by atoms with Crippen LogP contribution in [-0.4, -0.2) is 25.9 Å². The third kappa shape index (κ3) is 3.54. The summed E-state index contributed by atoms with van der Waals surface area (Å²) in [5, 5.41) is 10.7. The van der Waals surface area contributed by atoms with E-state index in [0.29, 0.717) is 12.4 Å². The second kappa shape index (κ2) is 6.58. The Hall–Kier alpha value is -2.73. The van der Waals surface area contributed by atoms with E-state index < -0.39 is 5.91 Å². The maximum atomic E-state index is 12.3. The lowest BCUT2D eigenvalue weighted by atomic mass is 10.2. The molecule has 1 amide bonds. The highest BCUT2D eigenvalue weighted by molar-refractivity contribution is 6.33. The van der Waals surface area contributed by atoms with Gasteiger partial charge in [-0.15, -0.1) is 5.10 Å². The molecule has 2 heterocycles. The summed E-state index contributed by atoms with van der Waals surface area (Å²) < 4.78 is 1.48. The molecule has 0 aliphatic heterocycles. The van der Waals surface area contributed by atoms with Crippen LogP contribution in [0, 0.1) is 6.92 Å². The number of hydrogen-bond donors (Lipinski definition) is 1. The lowest BCUT2D eigenvalue weighted by Gasteiger charge is -2.04. The number of rotatable bonds is 4. The number of nitrogens with zero attached hydrogens (tertiary/aromatic N) is 4. The van der Waals surface area contributed by atoms with E-state index in [1.165, 1.54) is 4.68 Å². The van der Waals surface area contributed by atoms with E-state index in [-0.39, 0.29) is 10.8 Å². The topological polar surface area (TPSA) is 72.7 Å². The second-order valence-corrected chi connectivity index (χ2v) is 5.35. The normalized spacial score (nSPS) is 10.5. The number of pyridine rings is 1. The van der Waals surface area contributed by atoms with Crippen molar-refractivity contribution >= 4 is 23.3 Å². The van der Waals surface area contributed by atoms with Crippen LogP contribution in [0.2, 0.25) is 5.15 Å². The molecule has 116 valence electrons. The fraction of sp³-hybridized carbons (Fsp3) is 0.125. The van der Waals surface area contributed by atoms with Crippen molar-refractivity contribution in [3.63, 3.8) is 0 Å². The van der Waals surface area contributed by atoms with Crippen LogP contribution in [0.3, 0.4) is 0 Å². The van der Waals surface area contributed by atoms with Crippen molar-refractivity contribution in [1.82, 2.24) is 20.0 Å². The molecule has 1 aromatic carbocycles. The zero-order valence-electron chi connectivity index (χ0n) is 12.4. The number of nitrogens with one attached hydrogen (secondary N) is 1. The number of aromatic nitrogens is 4. The van der Waals surface area contributed by atoms with E-state index >= 15 is 0 Å². The van der Waals surface area contributed by atoms with Gasteiger partial charge in [-0.1, -0.05) is 53.2 Å². The maximum Gasteiger partial charge on any atom is 0.280 e. The number of carbonyl (C=O) groups is 1. The van der Waals surface area contributed by atoms with Crippen LogP contribution in [0.5, 0.6) is 0 Å². The van der Waals surface area contributed by atoms with Gasteiger partial charge >= 0.3 is 0 Å². The van der Waals surface area contributed by atoms with Gasteiger partial charge in [0.05, 0.1) is 6.54 Å². The summed E-state index contributed by atoms with van der Waals surface area (Å²) in [5.41, 5.74) is 1.90. The number of halogens is 1. The second-order valence-electron chi connectivity index (χ2n) is 4.99. The molecule has 0 unspecified atom stereocenters. The molecule has 1 N–H and O–H groups in total. The van der Waals surface area contributed by atoms with E-state index in [1.807, 2.05) is 49.4 Å². The molecule has 23 heavy (non-hydrogen) atoms. The van der Waals surface area contributed by atoms with E-state index in [0.717, 1.165) is 11.3 Å². The number of amides is 1. The molecule has 3 rings (SSSR count). The molecule has 0 spiro atoms. The van der Waals surface area contributed by atoms with Gasteiger partial charge in [0, 0.05) is 5.69 Å². The van der Waals surface area contributed by atoms with Crippen molar-refractivity contribution in [2.24, 2.45) is 0 Å². The molecule has 0 radical (unpaired) electrons. The number of hydrogen-bond acceptors (Lipinski definition) is 4. The molecular formula is C16H14ClN5O. The first-order chi connectivity index (χ1) is 11.1. The third-order valence-electron chi connectivity index (χ3n) is 3.19. The zero-order valence-corrected chi connectivity index (χ0v) is 13.2. The average molecular weight is 328 g/mol. The van der Waals surface area contributed by atoms with Crippen LogP contribution >= 0.6 is 11.6 Å². The Balaban J connectivity index is 1.77. The van der Waals surface area contributed by atoms with Crippen molar-refractivity contribution in [2.45, 2.75) is 13.5 Å². The Kier molecular flexibility index (Phi) is 4.34. The Bertz CT molecular complexity index is 831. The van der Waals surface area contributed by atoms with Crippen molar-refractivity contribution < 1.29 is 4.79 Å². The molecule has 0 aliphatic carbocycles. The summed E-state index contributed by atoms with van der Waals surface area (Å²) in [7, 11) is 0. The lowest BCUT2D eigenvalue weighted by molar-refractivity contribution is 0.102. The predicted octanol–water partition coefficient (Wildman–Crippen LogP) is 2.94. The molecule has 0 fully saturated rings. The minimum Gasteiger partial charge on any atom is -0.305 e. The summed E-state index contributed by atoms with van der Waals surface area (Å²) in [6.07, 6.45) is 0. The van der Waals surface area contributed by atoms with Crippen molar-refractivity contribution in [2.75, 3.05) is 5.32 Å². The first-order valence-corrected chi connectivity index (χ1v) is 7.39. The van der Waals surface area contributed by atoms with E-state index in [2.05, 4.69) is 20.6 Å². The van der Waals surface area contributed by atoms with Crippen LogP contribution in [0.4, 0.5) is 5.82 Å². The van der Waals surface area contributed by atoms with Crippen LogP contribution in [0.15, 0.2) is 48.5 Å². The third-order valence-corrected chi connectivity index (χ3v) is 3.57. The van der Waals surface area contributed by atoms with Gasteiger partial charge in [0.15, 0.2) is 10.8 Å². The van der Waals surface area contributed by atoms with Gasteiger partial charge in [-0.3, -0.25) is 4.79 Å². The van der Waals surface area contributed by atoms with E-state index in [4.69, 9.17) is 11.6 Å². The standard InChI is InChI=1S/C16H14ClN5O/c1-11-6-5-9-13(18-11)19-16(23)14-15(17)22(21-20-14)10-12-7-3-2-4-8-12/h2-9H,10H2,1H3,(H,18,19,23). The first-order valence-electron chi connectivity index (χ1n) is 7.01. The highest BCUT2D eigenvalue weighted by Crippen LogP contribution is 2.16. The van der Waals surface area contributed by atoms with Gasteiger partial charge < -0.3 is 5.32 Å². The fourth-order valence-electron chi connectivity index (χ4n) is 2.09. The fourth-order valence-corrected chi connectivity index (χ4v) is 2.30. The van der Waals surface area contributed by atoms with Gasteiger partial charge in [0.1, 0.15) is 5.82 Å². The molecule has 0 saturated heterocycles. The van der Waals surface area contributed by atoms with E-state index in [9.17, 15) is 4.79 Å². The summed E-state index contributed by atoms with van der Waals surface area (Å²) in [4.78, 5) is 16.5. The summed E-state index contributed by atoms with van der Waals surface area (Å²) in [5.74, 6) is 0.0103. The van der Waals surface area contributed by atoms with Crippen molar-refractivity contribution in [1.29, 1.82) is 0 Å². The van der Waals surface area contributed by atoms with Crippen LogP contribution in [0.25, 0.3) is 0 Å². The van der Waals surface area contributed by atoms with Crippen molar-refractivity contribution in [3.8, 4) is 0 Å². The Morgan fingerprint density at radius 3 is 2.70 bits per heavy atom. The number of carbonyl (C=O) groups excluding carboxylic acids is 1. The largest absolute Gasteiger partial charge is 0.305 e. The zero-order chi connectivity index (χ0) is 16.2. The monoisotopic (exact) mass is 327 g/mol. The maximum absolute atomic E-state index is 12.3. The Morgan fingerprint density at radius 2 is 1.96 bits per heavy atom. The minimum absolute atomic E-state index is 0.0749. The summed E-state index contributed by atoms with van der Waals surface area (Å²) in [6.45, 7) is 2.29. The molecule has 0 saturated carbocycles. The molecular weight excluding hydrogens is 314 g/mol. The lowest BCUT2D eigenvalue weighted by Crippen LogP contribution is -2.14. The molecule has 0 bridgehead atoms. The molecule has 2 aromatic heterocycles. The quantitative estimate of drug-likeness (QED) is 0.799. The highest BCUT2D eigenvalue weighted by Gasteiger charge is 2.18. The molecule has 6 nitrogen and oxygen atoms in total. The van der Waals surface area contributed by atoms with Gasteiger partial charge in [0.2, 0.25) is 0 Å². The van der Waals surface area contributed by atoms with Gasteiger partial charge in [-0.25, -0.2) is 9.67 Å². The van der Waals surface area contributed by atoms with Crippen LogP contribution in [-0.2, 0) is 6.54 Å². The summed E-state index contributed by atoms with van der Waals surface area (Å²) in [6, 6.07) is 15.1. The van der Waals surface area contributed by atoms with Crippen LogP contribution in [0.1, 0.15) is 21.7 Å². The molecule has 0 aliphatic rings. The smallest absolute Gasteiger partial charge is 0.280 e. The SMILES string of the molecule is Cc1cccc(NC(=O)c2nnn(Cc3ccccc3)c2Cl)n1.